The minimum atomic E-state index is -8.05. The van der Waals surface area contributed by atoms with Crippen LogP contribution in [0.2, 0.25) is 33.7 Å². The number of fused-ring (bicyclic) bond motifs is 6. The Morgan fingerprint density at radius 3 is 1.25 bits per heavy atom. The number of benzene rings is 4. The Balaban J connectivity index is 1.41. The van der Waals surface area contributed by atoms with E-state index in [0.717, 1.165) is 44.5 Å². The maximum absolute atomic E-state index is 16.2. The molecule has 0 saturated heterocycles. The van der Waals surface area contributed by atoms with E-state index in [4.69, 9.17) is 28.8 Å². The minimum Gasteiger partial charge on any atom is -0.412 e. The van der Waals surface area contributed by atoms with Gasteiger partial charge in [-0.15, -0.1) is 6.42 Å². The van der Waals surface area contributed by atoms with Gasteiger partial charge in [-0.05, 0) is 97.0 Å². The number of aldehydes is 1. The molecule has 23 heteroatoms. The summed E-state index contributed by atoms with van der Waals surface area (Å²) in [5.41, 5.74) is 5.77. The minimum absolute atomic E-state index is 0.0212. The summed E-state index contributed by atoms with van der Waals surface area (Å²) in [5.74, 6) is -38.5. The molecule has 0 aliphatic heterocycles. The monoisotopic (exact) mass is 1310 g/mol. The van der Waals surface area contributed by atoms with Crippen molar-refractivity contribution >= 4 is 30.7 Å². The molecule has 0 heterocycles. The number of carbonyl (C=O) groups is 1. The van der Waals surface area contributed by atoms with Gasteiger partial charge < -0.3 is 13.6 Å². The number of terminal acetylenes is 1. The standard InChI is InChI=1S/C65H82F13O7PSi2/c1-15-57(84-88(41(6)7,42(8)9)43(10)11)46(14)58(33-32-44(12)59(45(13)36-79)85-87(39(2)3,40(4)5)35-34-60(66,67)61(68,69)62(70,71)63(72,73)64(74,75)65(76,77)78)83-86(80,81-37-55-51-28-20-16-24-47(51)48-25-17-21-29-52(48)55)82-38-56-53-30-22-18-26-49(53)50-27-19-23-31-54(50)56/h1,16-31,36,39-46,55-59H,32-35,37-38H2,2-14H3/t44-,45-,46-,57-,58-,59-/m0/s1. The number of phosphoric ester groups is 1. The predicted octanol–water partition coefficient (Wildman–Crippen LogP) is 20.5. The van der Waals surface area contributed by atoms with Crippen molar-refractivity contribution in [2.75, 3.05) is 13.2 Å². The molecule has 6 rings (SSSR count). The Bertz CT molecular complexity index is 2890. The Hall–Kier alpha value is -4.34. The van der Waals surface area contributed by atoms with Crippen molar-refractivity contribution < 1.29 is 88.9 Å². The fourth-order valence-corrected chi connectivity index (χ4v) is 25.4. The van der Waals surface area contributed by atoms with Gasteiger partial charge in [0.1, 0.15) is 12.4 Å². The van der Waals surface area contributed by atoms with Crippen molar-refractivity contribution in [3.8, 4) is 34.6 Å². The largest absolute Gasteiger partial charge is 0.475 e. The van der Waals surface area contributed by atoms with Gasteiger partial charge in [-0.1, -0.05) is 193 Å². The molecular weight excluding hydrogens is 1230 g/mol. The molecule has 0 N–H and O–H groups in total. The molecule has 0 bridgehead atoms. The molecule has 2 aliphatic rings. The lowest BCUT2D eigenvalue weighted by Gasteiger charge is -2.46. The smallest absolute Gasteiger partial charge is 0.412 e. The van der Waals surface area contributed by atoms with Crippen molar-refractivity contribution in [1.29, 1.82) is 0 Å². The van der Waals surface area contributed by atoms with Crippen LogP contribution in [0.15, 0.2) is 97.1 Å². The zero-order chi connectivity index (χ0) is 66.1. The highest BCUT2D eigenvalue weighted by atomic mass is 31.2. The van der Waals surface area contributed by atoms with E-state index >= 15 is 22.1 Å². The summed E-state index contributed by atoms with van der Waals surface area (Å²) in [6.45, 7) is 22.6. The average molecular weight is 1310 g/mol. The average Bonchev–Trinajstić information content (AvgIpc) is 1.03. The van der Waals surface area contributed by atoms with Crippen LogP contribution < -0.4 is 0 Å². The summed E-state index contributed by atoms with van der Waals surface area (Å²) in [6.07, 6.45) is -6.63. The molecule has 88 heavy (non-hydrogen) atoms. The summed E-state index contributed by atoms with van der Waals surface area (Å²) >= 11 is 0. The van der Waals surface area contributed by atoms with E-state index < -0.39 is 132 Å². The highest BCUT2D eigenvalue weighted by Gasteiger charge is 2.90. The second kappa shape index (κ2) is 27.5. The molecule has 4 aromatic carbocycles. The van der Waals surface area contributed by atoms with Gasteiger partial charge in [0.05, 0.1) is 25.4 Å². The van der Waals surface area contributed by atoms with Gasteiger partial charge >= 0.3 is 43.6 Å². The molecule has 0 radical (unpaired) electrons. The van der Waals surface area contributed by atoms with E-state index in [0.29, 0.717) is 6.29 Å². The predicted molar refractivity (Wildman–Crippen MR) is 320 cm³/mol. The number of halogens is 13. The van der Waals surface area contributed by atoms with Gasteiger partial charge in [0.2, 0.25) is 8.32 Å². The Morgan fingerprint density at radius 2 is 0.909 bits per heavy atom. The van der Waals surface area contributed by atoms with Crippen LogP contribution >= 0.6 is 7.82 Å². The summed E-state index contributed by atoms with van der Waals surface area (Å²) in [4.78, 5) is 12.9. The molecule has 6 atom stereocenters. The fraction of sp³-hybridized carbons (Fsp3) is 0.585. The van der Waals surface area contributed by atoms with Gasteiger partial charge in [0, 0.05) is 30.1 Å². The number of rotatable bonds is 32. The molecule has 0 aromatic heterocycles. The van der Waals surface area contributed by atoms with E-state index in [2.05, 4.69) is 47.5 Å². The first-order valence-electron chi connectivity index (χ1n) is 29.9. The molecule has 488 valence electrons. The fourth-order valence-electron chi connectivity index (χ4n) is 13.6. The van der Waals surface area contributed by atoms with Crippen LogP contribution in [0.5, 0.6) is 0 Å². The maximum Gasteiger partial charge on any atom is 0.475 e. The zero-order valence-electron chi connectivity index (χ0n) is 51.9. The SMILES string of the molecule is C#C[C@H](O[Si](C(C)C)(C(C)C)C(C)C)[C@H](C)[C@H](CC[C@H](C)[C@H](O[Si](CCC(F)(F)C(F)(F)C(F)(F)C(F)(F)C(F)(F)C(F)(F)F)(C(C)C)C(C)C)[C@@H](C)C=O)OP(=O)(OCC1c2ccccc2-c2ccccc21)OCC1c2ccccc2-c2ccccc21. The number of carbonyl (C=O) groups excluding carboxylic acids is 1. The Morgan fingerprint density at radius 1 is 0.534 bits per heavy atom. The van der Waals surface area contributed by atoms with Crippen LogP contribution in [-0.2, 0) is 31.8 Å². The van der Waals surface area contributed by atoms with E-state index in [-0.39, 0.29) is 42.7 Å². The Kier molecular flexibility index (Phi) is 22.7. The second-order valence-electron chi connectivity index (χ2n) is 25.4. The molecule has 0 spiro atoms. The van der Waals surface area contributed by atoms with Crippen LogP contribution in [0.3, 0.4) is 0 Å². The molecule has 0 amide bonds. The normalized spacial score (nSPS) is 17.0. The first-order valence-corrected chi connectivity index (χ1v) is 35.7. The van der Waals surface area contributed by atoms with Crippen LogP contribution in [0, 0.1) is 30.1 Å². The molecule has 4 aromatic rings. The lowest BCUT2D eigenvalue weighted by Crippen LogP contribution is -2.70. The molecule has 0 saturated carbocycles. The number of hydrogen-bond acceptors (Lipinski definition) is 7. The van der Waals surface area contributed by atoms with Crippen LogP contribution in [0.25, 0.3) is 22.3 Å². The number of hydrogen-bond donors (Lipinski definition) is 0. The topological polar surface area (TPSA) is 80.3 Å². The first-order chi connectivity index (χ1) is 40.7. The molecular formula is C65H82F13O7PSi2. The Labute approximate surface area is 511 Å². The van der Waals surface area contributed by atoms with Crippen LogP contribution in [-0.4, -0.2) is 90.2 Å². The second-order valence-corrected chi connectivity index (χ2v) is 37.4. The van der Waals surface area contributed by atoms with E-state index in [1.165, 1.54) is 34.6 Å². The molecule has 0 unspecified atom stereocenters. The van der Waals surface area contributed by atoms with Gasteiger partial charge in [-0.2, -0.15) is 57.1 Å². The molecule has 0 fully saturated rings. The quantitative estimate of drug-likeness (QED) is 0.0158. The number of alkyl halides is 13. The van der Waals surface area contributed by atoms with Crippen molar-refractivity contribution in [2.24, 2.45) is 17.8 Å². The van der Waals surface area contributed by atoms with Crippen LogP contribution in [0.1, 0.15) is 143 Å². The maximum atomic E-state index is 16.2. The van der Waals surface area contributed by atoms with E-state index in [1.807, 2.05) is 97.1 Å². The number of phosphoric acid groups is 1. The van der Waals surface area contributed by atoms with Gasteiger partial charge in [0.15, 0.2) is 8.32 Å². The summed E-state index contributed by atoms with van der Waals surface area (Å²) in [6, 6.07) is 29.7. The molecule has 2 aliphatic carbocycles. The van der Waals surface area contributed by atoms with Crippen LogP contribution in [0.4, 0.5) is 57.1 Å². The summed E-state index contributed by atoms with van der Waals surface area (Å²) in [5, 5.41) is 0. The highest BCUT2D eigenvalue weighted by molar-refractivity contribution is 7.48. The summed E-state index contributed by atoms with van der Waals surface area (Å²) in [7, 11) is -11.9. The van der Waals surface area contributed by atoms with Crippen molar-refractivity contribution in [1.82, 2.24) is 0 Å². The van der Waals surface area contributed by atoms with Gasteiger partial charge in [0.25, 0.3) is 0 Å². The third-order valence-electron chi connectivity index (χ3n) is 18.6. The lowest BCUT2D eigenvalue weighted by atomic mass is 9.87. The van der Waals surface area contributed by atoms with Crippen molar-refractivity contribution in [2.45, 2.75) is 209 Å². The zero-order valence-corrected chi connectivity index (χ0v) is 54.8. The van der Waals surface area contributed by atoms with E-state index in [9.17, 15) is 44.3 Å². The molecule has 7 nitrogen and oxygen atoms in total. The van der Waals surface area contributed by atoms with Crippen molar-refractivity contribution in [3.05, 3.63) is 119 Å². The first kappa shape index (κ1) is 72.7. The van der Waals surface area contributed by atoms with Gasteiger partial charge in [-0.3, -0.25) is 13.6 Å². The van der Waals surface area contributed by atoms with Gasteiger partial charge in [-0.25, -0.2) is 4.57 Å². The third-order valence-corrected chi connectivity index (χ3v) is 31.8. The third kappa shape index (κ3) is 13.6. The highest BCUT2D eigenvalue weighted by Crippen LogP contribution is 2.62. The van der Waals surface area contributed by atoms with E-state index in [1.54, 1.807) is 13.8 Å². The van der Waals surface area contributed by atoms with Crippen molar-refractivity contribution in [3.63, 3.8) is 0 Å². The summed E-state index contributed by atoms with van der Waals surface area (Å²) < 4.78 is 237. The lowest BCUT2D eigenvalue weighted by molar-refractivity contribution is -0.440.